The maximum atomic E-state index is 13.6. The number of hydrogen-bond donors (Lipinski definition) is 1. The van der Waals surface area contributed by atoms with Gasteiger partial charge in [-0.25, -0.2) is 0 Å². The molecule has 1 N–H and O–H groups in total. The summed E-state index contributed by atoms with van der Waals surface area (Å²) in [6.45, 7) is 8.02. The molecule has 3 atom stereocenters. The van der Waals surface area contributed by atoms with Gasteiger partial charge < -0.3 is 10.1 Å². The van der Waals surface area contributed by atoms with E-state index in [1.54, 1.807) is 6.92 Å². The lowest BCUT2D eigenvalue weighted by molar-refractivity contribution is -0.180. The van der Waals surface area contributed by atoms with Gasteiger partial charge in [0, 0.05) is 5.69 Å². The number of carbonyl (C=O) groups is 2. The smallest absolute Gasteiger partial charge is 0.312 e. The largest absolute Gasteiger partial charge is 0.452 e. The van der Waals surface area contributed by atoms with Crippen molar-refractivity contribution in [3.05, 3.63) is 64.7 Å². The molecule has 2 aromatic carbocycles. The van der Waals surface area contributed by atoms with Crippen LogP contribution in [-0.4, -0.2) is 18.0 Å². The van der Waals surface area contributed by atoms with Crippen LogP contribution in [0.3, 0.4) is 0 Å². The van der Waals surface area contributed by atoms with E-state index >= 15 is 0 Å². The van der Waals surface area contributed by atoms with Crippen molar-refractivity contribution < 1.29 is 14.3 Å². The van der Waals surface area contributed by atoms with Crippen LogP contribution in [0.15, 0.2) is 42.5 Å². The van der Waals surface area contributed by atoms with Crippen LogP contribution in [0.25, 0.3) is 0 Å². The molecule has 0 aliphatic heterocycles. The lowest BCUT2D eigenvalue weighted by atomic mass is 9.43. The summed E-state index contributed by atoms with van der Waals surface area (Å²) >= 11 is 0. The average Bonchev–Trinajstić information content (AvgIpc) is 2.76. The van der Waals surface area contributed by atoms with Crippen LogP contribution in [0, 0.1) is 38.0 Å². The van der Waals surface area contributed by atoms with Crippen molar-refractivity contribution >= 4 is 17.6 Å². The normalized spacial score (nSPS) is 30.7. The van der Waals surface area contributed by atoms with Crippen LogP contribution >= 0.6 is 0 Å². The summed E-state index contributed by atoms with van der Waals surface area (Å²) in [7, 11) is 0. The van der Waals surface area contributed by atoms with Crippen molar-refractivity contribution in [3.8, 4) is 0 Å². The second-order valence-corrected chi connectivity index (χ2v) is 11.2. The molecule has 4 heteroatoms. The Morgan fingerprint density at radius 1 is 0.939 bits per heavy atom. The van der Waals surface area contributed by atoms with Crippen molar-refractivity contribution in [1.29, 1.82) is 0 Å². The van der Waals surface area contributed by atoms with E-state index in [4.69, 9.17) is 4.74 Å². The molecule has 4 nitrogen and oxygen atoms in total. The maximum absolute atomic E-state index is 13.6. The van der Waals surface area contributed by atoms with Gasteiger partial charge >= 0.3 is 5.97 Å². The zero-order chi connectivity index (χ0) is 23.4. The first-order chi connectivity index (χ1) is 15.7. The number of rotatable bonds is 5. The van der Waals surface area contributed by atoms with Gasteiger partial charge in [0.05, 0.1) is 5.41 Å². The molecule has 0 unspecified atom stereocenters. The number of anilines is 1. The quantitative estimate of drug-likeness (QED) is 0.573. The zero-order valence-electron chi connectivity index (χ0n) is 20.2. The molecule has 33 heavy (non-hydrogen) atoms. The lowest BCUT2D eigenvalue weighted by Gasteiger charge is -2.61. The number of aryl methyl sites for hydroxylation is 3. The minimum atomic E-state index is -0.815. The van der Waals surface area contributed by atoms with Gasteiger partial charge in [-0.1, -0.05) is 35.9 Å². The first-order valence-corrected chi connectivity index (χ1v) is 12.3. The minimum absolute atomic E-state index is 0.0644. The number of ether oxygens (including phenoxy) is 1. The van der Waals surface area contributed by atoms with Gasteiger partial charge in [0.2, 0.25) is 0 Å². The summed E-state index contributed by atoms with van der Waals surface area (Å²) in [6, 6.07) is 14.5. The molecule has 6 rings (SSSR count). The second-order valence-electron chi connectivity index (χ2n) is 11.2. The summed E-state index contributed by atoms with van der Waals surface area (Å²) in [5.74, 6) is 0.686. The van der Waals surface area contributed by atoms with Gasteiger partial charge in [-0.3, -0.25) is 9.59 Å². The van der Waals surface area contributed by atoms with E-state index in [1.807, 2.05) is 31.2 Å². The topological polar surface area (TPSA) is 55.4 Å². The summed E-state index contributed by atoms with van der Waals surface area (Å²) in [5, 5.41) is 2.88. The monoisotopic (exact) mass is 445 g/mol. The fourth-order valence-corrected chi connectivity index (χ4v) is 7.13. The van der Waals surface area contributed by atoms with Crippen LogP contribution in [-0.2, 0) is 19.7 Å². The fraction of sp³-hybridized carbons (Fsp3) is 0.517. The number of hydrogen-bond acceptors (Lipinski definition) is 3. The highest BCUT2D eigenvalue weighted by Gasteiger charge is 2.61. The summed E-state index contributed by atoms with van der Waals surface area (Å²) in [5.41, 5.74) is 5.48. The van der Waals surface area contributed by atoms with Crippen LogP contribution in [0.4, 0.5) is 5.69 Å². The summed E-state index contributed by atoms with van der Waals surface area (Å²) in [6.07, 6.45) is 5.41. The Labute approximate surface area is 197 Å². The van der Waals surface area contributed by atoms with Crippen LogP contribution in [0.5, 0.6) is 0 Å². The molecule has 174 valence electrons. The van der Waals surface area contributed by atoms with Crippen LogP contribution < -0.4 is 5.32 Å². The van der Waals surface area contributed by atoms with Crippen LogP contribution in [0.1, 0.15) is 67.7 Å². The Hall–Kier alpha value is -2.62. The SMILES string of the molecule is Cc1ccc(NC(=O)[C@@H](C)OC(=O)C23C[C@@H]4C[C@@H](C2)CC(c2ccc(C)c(C)c2)(C4)C3)cc1. The van der Waals surface area contributed by atoms with Crippen molar-refractivity contribution in [2.24, 2.45) is 17.3 Å². The van der Waals surface area contributed by atoms with Gasteiger partial charge in [0.25, 0.3) is 5.91 Å². The Balaban J connectivity index is 1.34. The molecule has 2 aromatic rings. The van der Waals surface area contributed by atoms with Crippen molar-refractivity contribution in [1.82, 2.24) is 0 Å². The third-order valence-electron chi connectivity index (χ3n) is 8.59. The highest BCUT2D eigenvalue weighted by molar-refractivity contribution is 5.95. The molecule has 0 saturated heterocycles. The molecule has 4 aliphatic rings. The summed E-state index contributed by atoms with van der Waals surface area (Å²) in [4.78, 5) is 26.3. The first kappa shape index (κ1) is 22.2. The first-order valence-electron chi connectivity index (χ1n) is 12.3. The van der Waals surface area contributed by atoms with E-state index in [9.17, 15) is 9.59 Å². The Morgan fingerprint density at radius 3 is 2.24 bits per heavy atom. The molecule has 0 radical (unpaired) electrons. The lowest BCUT2D eigenvalue weighted by Crippen LogP contribution is -2.57. The molecule has 0 spiro atoms. The number of nitrogens with one attached hydrogen (secondary N) is 1. The van der Waals surface area contributed by atoms with Crippen LogP contribution in [0.2, 0.25) is 0 Å². The van der Waals surface area contributed by atoms with Crippen molar-refractivity contribution in [2.75, 3.05) is 5.32 Å². The molecule has 0 aromatic heterocycles. The third kappa shape index (κ3) is 3.98. The van der Waals surface area contributed by atoms with E-state index in [0.29, 0.717) is 11.8 Å². The van der Waals surface area contributed by atoms with E-state index in [2.05, 4.69) is 37.4 Å². The standard InChI is InChI=1S/C29H35NO3/c1-18-5-9-25(10-6-18)30-26(31)21(4)33-27(32)29-15-22-12-23(16-29)14-28(13-22,17-29)24-8-7-19(2)20(3)11-24/h5-11,21-23H,12-17H2,1-4H3,(H,30,31)/t21-,22-,23-,28?,29?/m1/s1. The molecule has 0 heterocycles. The highest BCUT2D eigenvalue weighted by atomic mass is 16.5. The minimum Gasteiger partial charge on any atom is -0.452 e. The highest BCUT2D eigenvalue weighted by Crippen LogP contribution is 2.66. The number of amides is 1. The van der Waals surface area contributed by atoms with Gasteiger partial charge in [0.1, 0.15) is 0 Å². The third-order valence-corrected chi connectivity index (χ3v) is 8.59. The Kier molecular flexibility index (Phi) is 5.38. The van der Waals surface area contributed by atoms with Gasteiger partial charge in [0.15, 0.2) is 6.10 Å². The average molecular weight is 446 g/mol. The molecular weight excluding hydrogens is 410 g/mol. The van der Waals surface area contributed by atoms with Gasteiger partial charge in [-0.2, -0.15) is 0 Å². The van der Waals surface area contributed by atoms with Gasteiger partial charge in [-0.05, 0) is 112 Å². The van der Waals surface area contributed by atoms with E-state index < -0.39 is 11.5 Å². The molecule has 4 aliphatic carbocycles. The van der Waals surface area contributed by atoms with E-state index in [-0.39, 0.29) is 17.3 Å². The van der Waals surface area contributed by atoms with E-state index in [1.165, 1.54) is 36.0 Å². The number of benzene rings is 2. The second kappa shape index (κ2) is 8.00. The molecule has 4 bridgehead atoms. The van der Waals surface area contributed by atoms with Crippen molar-refractivity contribution in [2.45, 2.75) is 77.7 Å². The van der Waals surface area contributed by atoms with Crippen molar-refractivity contribution in [3.63, 3.8) is 0 Å². The number of esters is 1. The molecule has 1 amide bonds. The fourth-order valence-electron chi connectivity index (χ4n) is 7.13. The molecule has 4 fully saturated rings. The van der Waals surface area contributed by atoms with E-state index in [0.717, 1.165) is 30.5 Å². The predicted molar refractivity (Wildman–Crippen MR) is 130 cm³/mol. The molecule has 4 saturated carbocycles. The predicted octanol–water partition coefficient (Wildman–Crippen LogP) is 6.02. The number of carbonyl (C=O) groups excluding carboxylic acids is 2. The molecular formula is C29H35NO3. The van der Waals surface area contributed by atoms with Gasteiger partial charge in [-0.15, -0.1) is 0 Å². The Morgan fingerprint density at radius 2 is 1.61 bits per heavy atom. The summed E-state index contributed by atoms with van der Waals surface area (Å²) < 4.78 is 5.87. The Bertz CT molecular complexity index is 1070. The zero-order valence-corrected chi connectivity index (χ0v) is 20.2. The maximum Gasteiger partial charge on any atom is 0.312 e.